The lowest BCUT2D eigenvalue weighted by Crippen LogP contribution is -2.41. The van der Waals surface area contributed by atoms with E-state index in [2.05, 4.69) is 5.32 Å². The minimum atomic E-state index is -3.94. The molecule has 25 heavy (non-hydrogen) atoms. The third kappa shape index (κ3) is 5.31. The van der Waals surface area contributed by atoms with Crippen molar-refractivity contribution >= 4 is 27.1 Å². The number of hydrogen-bond acceptors (Lipinski definition) is 4. The van der Waals surface area contributed by atoms with Crippen molar-refractivity contribution in [1.82, 2.24) is 0 Å². The Hall–Kier alpha value is -1.86. The minimum absolute atomic E-state index is 0.0273. The third-order valence-corrected chi connectivity index (χ3v) is 5.62. The zero-order valence-electron chi connectivity index (χ0n) is 13.7. The molecule has 2 rings (SSSR count). The van der Waals surface area contributed by atoms with Crippen molar-refractivity contribution in [2.24, 2.45) is 0 Å². The smallest absolute Gasteiger partial charge is 0.342 e. The van der Waals surface area contributed by atoms with Gasteiger partial charge in [-0.3, -0.25) is 0 Å². The van der Waals surface area contributed by atoms with E-state index >= 15 is 0 Å². The van der Waals surface area contributed by atoms with Crippen LogP contribution >= 0.6 is 11.6 Å². The number of methoxy groups -OCH3 is 1. The molecule has 0 aliphatic carbocycles. The molecule has 0 saturated carbocycles. The molecule has 8 heteroatoms. The van der Waals surface area contributed by atoms with Gasteiger partial charge in [0, 0.05) is 5.69 Å². The Bertz CT molecular complexity index is 803. The van der Waals surface area contributed by atoms with Gasteiger partial charge in [-0.05, 0) is 54.9 Å². The second-order valence-electron chi connectivity index (χ2n) is 5.56. The van der Waals surface area contributed by atoms with Crippen molar-refractivity contribution in [3.63, 3.8) is 0 Å². The van der Waals surface area contributed by atoms with Crippen LogP contribution in [0.5, 0.6) is 5.75 Å². The monoisotopic (exact) mass is 389 g/mol. The van der Waals surface area contributed by atoms with E-state index in [1.165, 1.54) is 31.4 Å². The molecule has 136 valence electrons. The molecular weight excluding hydrogens is 372 g/mol. The van der Waals surface area contributed by atoms with E-state index in [1.54, 1.807) is 31.2 Å². The van der Waals surface area contributed by atoms with Gasteiger partial charge < -0.3 is 10.1 Å². The maximum absolute atomic E-state index is 13.7. The van der Waals surface area contributed by atoms with Crippen molar-refractivity contribution in [3.05, 3.63) is 54.1 Å². The highest BCUT2D eigenvalue weighted by molar-refractivity contribution is 7.91. The quantitative estimate of drug-likeness (QED) is 0.725. The third-order valence-electron chi connectivity index (χ3n) is 3.59. The van der Waals surface area contributed by atoms with Gasteiger partial charge in [0.05, 0.1) is 17.8 Å². The Morgan fingerprint density at radius 3 is 2.16 bits per heavy atom. The number of aryl methyl sites for hydroxylation is 1. The van der Waals surface area contributed by atoms with Gasteiger partial charge in [0.2, 0.25) is 0 Å². The molecular formula is C17H18ClF2NO3S. The van der Waals surface area contributed by atoms with E-state index in [-0.39, 0.29) is 4.90 Å². The van der Waals surface area contributed by atoms with Gasteiger partial charge in [0.25, 0.3) is 0 Å². The van der Waals surface area contributed by atoms with Crippen LogP contribution in [0.2, 0.25) is 0 Å². The number of alkyl halides is 3. The van der Waals surface area contributed by atoms with E-state index in [0.29, 0.717) is 11.4 Å². The fraction of sp³-hybridized carbons (Fsp3) is 0.294. The second kappa shape index (κ2) is 7.58. The summed E-state index contributed by atoms with van der Waals surface area (Å²) in [7, 11) is -2.47. The molecule has 4 nitrogen and oxygen atoms in total. The first-order chi connectivity index (χ1) is 11.6. The zero-order chi connectivity index (χ0) is 18.7. The summed E-state index contributed by atoms with van der Waals surface area (Å²) in [6.45, 7) is 1.80. The standard InChI is InChI=1S/C17H18ClF2NO3S/c1-12-3-9-15(10-4-12)25(22,23)11-16(17(18,19)20)21-13-5-7-14(24-2)8-6-13/h3-10,16,21H,11H2,1-2H3/t16-/m1/s1. The predicted molar refractivity (Wildman–Crippen MR) is 94.4 cm³/mol. The van der Waals surface area contributed by atoms with Gasteiger partial charge in [-0.1, -0.05) is 17.7 Å². The molecule has 0 radical (unpaired) electrons. The Labute approximate surface area is 150 Å². The van der Waals surface area contributed by atoms with Gasteiger partial charge >= 0.3 is 5.38 Å². The van der Waals surface area contributed by atoms with Gasteiger partial charge in [-0.25, -0.2) is 8.42 Å². The van der Waals surface area contributed by atoms with Crippen molar-refractivity contribution in [1.29, 1.82) is 0 Å². The molecule has 0 bridgehead atoms. The molecule has 1 atom stereocenters. The Balaban J connectivity index is 2.23. The predicted octanol–water partition coefficient (Wildman–Crippen LogP) is 4.09. The molecule has 0 spiro atoms. The molecule has 0 aliphatic rings. The average molecular weight is 390 g/mol. The lowest BCUT2D eigenvalue weighted by atomic mass is 10.2. The van der Waals surface area contributed by atoms with Crippen LogP contribution in [0.1, 0.15) is 5.56 Å². The van der Waals surface area contributed by atoms with Gasteiger partial charge in [-0.2, -0.15) is 8.78 Å². The summed E-state index contributed by atoms with van der Waals surface area (Å²) in [5, 5.41) is -1.26. The van der Waals surface area contributed by atoms with Crippen LogP contribution in [0.3, 0.4) is 0 Å². The van der Waals surface area contributed by atoms with Crippen LogP contribution in [-0.2, 0) is 9.84 Å². The Morgan fingerprint density at radius 2 is 1.68 bits per heavy atom. The van der Waals surface area contributed by atoms with Crippen LogP contribution in [0.25, 0.3) is 0 Å². The van der Waals surface area contributed by atoms with Crippen LogP contribution in [0, 0.1) is 6.92 Å². The molecule has 0 unspecified atom stereocenters. The largest absolute Gasteiger partial charge is 0.497 e. The van der Waals surface area contributed by atoms with Crippen molar-refractivity contribution in [2.45, 2.75) is 23.2 Å². The van der Waals surface area contributed by atoms with Crippen molar-refractivity contribution < 1.29 is 21.9 Å². The zero-order valence-corrected chi connectivity index (χ0v) is 15.2. The van der Waals surface area contributed by atoms with E-state index in [1.807, 2.05) is 0 Å². The van der Waals surface area contributed by atoms with Crippen LogP contribution < -0.4 is 10.1 Å². The summed E-state index contributed by atoms with van der Waals surface area (Å²) in [6, 6.07) is 10.4. The number of anilines is 1. The summed E-state index contributed by atoms with van der Waals surface area (Å²) in [4.78, 5) is -0.0273. The number of nitrogens with one attached hydrogen (secondary N) is 1. The molecule has 0 aromatic heterocycles. The summed E-state index contributed by atoms with van der Waals surface area (Å²) in [6.07, 6.45) is 0. The molecule has 0 amide bonds. The minimum Gasteiger partial charge on any atom is -0.497 e. The second-order valence-corrected chi connectivity index (χ2v) is 8.10. The first kappa shape index (κ1) is 19.5. The highest BCUT2D eigenvalue weighted by Crippen LogP contribution is 2.29. The van der Waals surface area contributed by atoms with E-state index in [4.69, 9.17) is 16.3 Å². The lowest BCUT2D eigenvalue weighted by Gasteiger charge is -2.24. The van der Waals surface area contributed by atoms with Gasteiger partial charge in [0.1, 0.15) is 11.8 Å². The summed E-state index contributed by atoms with van der Waals surface area (Å²) >= 11 is 5.14. The summed E-state index contributed by atoms with van der Waals surface area (Å²) in [5.41, 5.74) is 1.18. The molecule has 0 aliphatic heterocycles. The number of halogens is 3. The lowest BCUT2D eigenvalue weighted by molar-refractivity contribution is 0.0804. The van der Waals surface area contributed by atoms with E-state index in [9.17, 15) is 17.2 Å². The summed E-state index contributed by atoms with van der Waals surface area (Å²) in [5.74, 6) is -0.300. The number of rotatable bonds is 7. The van der Waals surface area contributed by atoms with Crippen molar-refractivity contribution in [2.75, 3.05) is 18.2 Å². The van der Waals surface area contributed by atoms with Crippen LogP contribution in [-0.4, -0.2) is 32.7 Å². The number of benzene rings is 2. The molecule has 0 fully saturated rings. The Morgan fingerprint density at radius 1 is 1.12 bits per heavy atom. The fourth-order valence-corrected chi connectivity index (χ4v) is 3.87. The average Bonchev–Trinajstić information content (AvgIpc) is 2.54. The van der Waals surface area contributed by atoms with Crippen LogP contribution in [0.4, 0.5) is 14.5 Å². The highest BCUT2D eigenvalue weighted by Gasteiger charge is 2.40. The number of sulfone groups is 1. The normalized spacial score (nSPS) is 13.3. The Kier molecular flexibility index (Phi) is 5.90. The molecule has 2 aromatic rings. The van der Waals surface area contributed by atoms with E-state index in [0.717, 1.165) is 5.56 Å². The first-order valence-electron chi connectivity index (χ1n) is 7.38. The molecule has 0 saturated heterocycles. The fourth-order valence-electron chi connectivity index (χ4n) is 2.17. The van der Waals surface area contributed by atoms with E-state index < -0.39 is 27.0 Å². The maximum atomic E-state index is 13.7. The molecule has 0 heterocycles. The molecule has 1 N–H and O–H groups in total. The van der Waals surface area contributed by atoms with Crippen LogP contribution in [0.15, 0.2) is 53.4 Å². The topological polar surface area (TPSA) is 55.4 Å². The summed E-state index contributed by atoms with van der Waals surface area (Å²) < 4.78 is 57.4. The van der Waals surface area contributed by atoms with Gasteiger partial charge in [0.15, 0.2) is 9.84 Å². The number of hydrogen-bond donors (Lipinski definition) is 1. The molecule has 2 aromatic carbocycles. The first-order valence-corrected chi connectivity index (χ1v) is 9.41. The van der Waals surface area contributed by atoms with Crippen molar-refractivity contribution in [3.8, 4) is 5.75 Å². The maximum Gasteiger partial charge on any atom is 0.342 e. The number of ether oxygens (including phenoxy) is 1. The van der Waals surface area contributed by atoms with Gasteiger partial charge in [-0.15, -0.1) is 0 Å². The SMILES string of the molecule is COc1ccc(N[C@H](CS(=O)(=O)c2ccc(C)cc2)C(F)(F)Cl)cc1. The highest BCUT2D eigenvalue weighted by atomic mass is 35.5.